The number of nitrogens with zero attached hydrogens (tertiary/aromatic N) is 1. The normalized spacial score (nSPS) is 10.7. The number of aromatic nitrogens is 1. The van der Waals surface area contributed by atoms with Gasteiger partial charge < -0.3 is 11.1 Å². The van der Waals surface area contributed by atoms with Crippen LogP contribution in [0.4, 0.5) is 17.2 Å². The number of hydrogen-bond donors (Lipinski definition) is 2. The minimum absolute atomic E-state index is 0.553. The summed E-state index contributed by atoms with van der Waals surface area (Å²) in [5.41, 5.74) is 7.97. The van der Waals surface area contributed by atoms with Crippen LogP contribution < -0.4 is 11.1 Å². The fraction of sp³-hybridized carbons (Fsp3) is 0. The van der Waals surface area contributed by atoms with Crippen molar-refractivity contribution in [2.75, 3.05) is 11.1 Å². The zero-order valence-corrected chi connectivity index (χ0v) is 11.9. The molecule has 0 aliphatic rings. The summed E-state index contributed by atoms with van der Waals surface area (Å²) in [5, 5.41) is 5.23. The largest absolute Gasteiger partial charge is 0.399 e. The van der Waals surface area contributed by atoms with Gasteiger partial charge in [0, 0.05) is 11.1 Å². The molecule has 3 N–H and O–H groups in total. The van der Waals surface area contributed by atoms with Gasteiger partial charge >= 0.3 is 0 Å². The molecule has 100 valence electrons. The van der Waals surface area contributed by atoms with Crippen molar-refractivity contribution in [2.45, 2.75) is 0 Å². The Morgan fingerprint density at radius 1 is 0.950 bits per heavy atom. The van der Waals surface area contributed by atoms with Gasteiger partial charge in [-0.15, -0.1) is 0 Å². The lowest BCUT2D eigenvalue weighted by Gasteiger charge is -2.10. The fourth-order valence-corrected chi connectivity index (χ4v) is 2.45. The van der Waals surface area contributed by atoms with Crippen LogP contribution in [0.2, 0.25) is 10.0 Å². The van der Waals surface area contributed by atoms with E-state index in [-0.39, 0.29) is 0 Å². The van der Waals surface area contributed by atoms with Crippen molar-refractivity contribution in [3.8, 4) is 0 Å². The Balaban J connectivity index is 2.01. The zero-order chi connectivity index (χ0) is 14.1. The second-order valence-electron chi connectivity index (χ2n) is 4.37. The van der Waals surface area contributed by atoms with Gasteiger partial charge in [0.05, 0.1) is 21.2 Å². The number of nitrogen functional groups attached to an aromatic ring is 1. The van der Waals surface area contributed by atoms with Crippen LogP contribution >= 0.6 is 23.2 Å². The molecule has 3 aromatic rings. The second kappa shape index (κ2) is 5.19. The number of nitrogens with one attached hydrogen (secondary N) is 1. The van der Waals surface area contributed by atoms with E-state index in [0.29, 0.717) is 27.2 Å². The Kier molecular flexibility index (Phi) is 3.38. The van der Waals surface area contributed by atoms with E-state index in [4.69, 9.17) is 28.9 Å². The van der Waals surface area contributed by atoms with E-state index in [1.54, 1.807) is 18.2 Å². The minimum atomic E-state index is 0.553. The number of nitrogens with two attached hydrogens (primary N) is 1. The van der Waals surface area contributed by atoms with Gasteiger partial charge in [-0.3, -0.25) is 0 Å². The highest BCUT2D eigenvalue weighted by atomic mass is 35.5. The van der Waals surface area contributed by atoms with Gasteiger partial charge in [0.2, 0.25) is 0 Å². The molecule has 1 aromatic heterocycles. The van der Waals surface area contributed by atoms with Crippen molar-refractivity contribution >= 4 is 51.3 Å². The molecule has 0 spiro atoms. The summed E-state index contributed by atoms with van der Waals surface area (Å²) in [4.78, 5) is 4.51. The molecule has 0 saturated carbocycles. The first kappa shape index (κ1) is 13.0. The maximum atomic E-state index is 6.13. The van der Waals surface area contributed by atoms with Crippen molar-refractivity contribution in [2.24, 2.45) is 0 Å². The van der Waals surface area contributed by atoms with Crippen LogP contribution in [0.15, 0.2) is 48.5 Å². The molecule has 0 unspecified atom stereocenters. The predicted molar refractivity (Wildman–Crippen MR) is 85.9 cm³/mol. The van der Waals surface area contributed by atoms with Crippen LogP contribution in [0, 0.1) is 0 Å². The molecule has 0 amide bonds. The van der Waals surface area contributed by atoms with Gasteiger partial charge in [0.25, 0.3) is 0 Å². The van der Waals surface area contributed by atoms with Crippen molar-refractivity contribution in [1.29, 1.82) is 0 Å². The molecule has 0 saturated heterocycles. The van der Waals surface area contributed by atoms with Gasteiger partial charge in [-0.2, -0.15) is 0 Å². The number of halogens is 2. The Labute approximate surface area is 126 Å². The van der Waals surface area contributed by atoms with Crippen LogP contribution in [-0.2, 0) is 0 Å². The summed E-state index contributed by atoms with van der Waals surface area (Å²) >= 11 is 12.3. The summed E-state index contributed by atoms with van der Waals surface area (Å²) < 4.78 is 0. The van der Waals surface area contributed by atoms with E-state index in [9.17, 15) is 0 Å². The van der Waals surface area contributed by atoms with Gasteiger partial charge in [-0.05, 0) is 42.5 Å². The third kappa shape index (κ3) is 2.50. The molecule has 5 heteroatoms. The van der Waals surface area contributed by atoms with Crippen LogP contribution in [0.5, 0.6) is 0 Å². The van der Waals surface area contributed by atoms with Crippen molar-refractivity contribution in [3.63, 3.8) is 0 Å². The summed E-state index contributed by atoms with van der Waals surface area (Å²) in [6.45, 7) is 0. The molecule has 0 aliphatic carbocycles. The van der Waals surface area contributed by atoms with Gasteiger partial charge in [0.1, 0.15) is 5.82 Å². The lowest BCUT2D eigenvalue weighted by molar-refractivity contribution is 1.37. The average Bonchev–Trinajstić information content (AvgIpc) is 2.43. The molecule has 20 heavy (non-hydrogen) atoms. The van der Waals surface area contributed by atoms with Crippen molar-refractivity contribution < 1.29 is 0 Å². The molecule has 0 fully saturated rings. The van der Waals surface area contributed by atoms with E-state index < -0.39 is 0 Å². The number of fused-ring (bicyclic) bond motifs is 1. The SMILES string of the molecule is Nc1ccc2nc(Nc3c(Cl)cccc3Cl)ccc2c1. The van der Waals surface area contributed by atoms with Crippen LogP contribution in [-0.4, -0.2) is 4.98 Å². The molecular weight excluding hydrogens is 293 g/mol. The summed E-state index contributed by atoms with van der Waals surface area (Å²) in [6.07, 6.45) is 0. The van der Waals surface area contributed by atoms with Crippen molar-refractivity contribution in [3.05, 3.63) is 58.6 Å². The highest BCUT2D eigenvalue weighted by Gasteiger charge is 2.06. The molecular formula is C15H11Cl2N3. The Morgan fingerprint density at radius 2 is 1.70 bits per heavy atom. The first-order valence-electron chi connectivity index (χ1n) is 6.01. The monoisotopic (exact) mass is 303 g/mol. The number of benzene rings is 2. The summed E-state index contributed by atoms with van der Waals surface area (Å²) in [7, 11) is 0. The fourth-order valence-electron chi connectivity index (χ4n) is 1.96. The number of pyridine rings is 1. The Hall–Kier alpha value is -1.97. The van der Waals surface area contributed by atoms with E-state index in [2.05, 4.69) is 10.3 Å². The number of anilines is 3. The van der Waals surface area contributed by atoms with Crippen LogP contribution in [0.3, 0.4) is 0 Å². The lowest BCUT2D eigenvalue weighted by atomic mass is 10.2. The third-order valence-electron chi connectivity index (χ3n) is 2.93. The van der Waals surface area contributed by atoms with E-state index in [1.807, 2.05) is 30.3 Å². The lowest BCUT2D eigenvalue weighted by Crippen LogP contribution is -1.95. The molecule has 3 rings (SSSR count). The third-order valence-corrected chi connectivity index (χ3v) is 3.56. The minimum Gasteiger partial charge on any atom is -0.399 e. The Bertz CT molecular complexity index is 767. The van der Waals surface area contributed by atoms with E-state index in [1.165, 1.54) is 0 Å². The highest BCUT2D eigenvalue weighted by molar-refractivity contribution is 6.39. The predicted octanol–water partition coefficient (Wildman–Crippen LogP) is 4.87. The number of hydrogen-bond acceptors (Lipinski definition) is 3. The first-order valence-corrected chi connectivity index (χ1v) is 6.76. The van der Waals surface area contributed by atoms with Gasteiger partial charge in [-0.1, -0.05) is 29.3 Å². The first-order chi connectivity index (χ1) is 9.63. The molecule has 1 heterocycles. The topological polar surface area (TPSA) is 50.9 Å². The molecule has 0 aliphatic heterocycles. The number of para-hydroxylation sites is 1. The summed E-state index contributed by atoms with van der Waals surface area (Å²) in [6, 6.07) is 14.7. The zero-order valence-electron chi connectivity index (χ0n) is 10.4. The Morgan fingerprint density at radius 3 is 2.45 bits per heavy atom. The van der Waals surface area contributed by atoms with Gasteiger partial charge in [-0.25, -0.2) is 4.98 Å². The average molecular weight is 304 g/mol. The second-order valence-corrected chi connectivity index (χ2v) is 5.18. The molecule has 0 atom stereocenters. The summed E-state index contributed by atoms with van der Waals surface area (Å²) in [5.74, 6) is 0.678. The highest BCUT2D eigenvalue weighted by Crippen LogP contribution is 2.32. The maximum Gasteiger partial charge on any atom is 0.131 e. The van der Waals surface area contributed by atoms with Crippen LogP contribution in [0.25, 0.3) is 10.9 Å². The maximum absolute atomic E-state index is 6.13. The van der Waals surface area contributed by atoms with E-state index in [0.717, 1.165) is 10.9 Å². The smallest absolute Gasteiger partial charge is 0.131 e. The van der Waals surface area contributed by atoms with Crippen molar-refractivity contribution in [1.82, 2.24) is 4.98 Å². The molecule has 0 radical (unpaired) electrons. The number of rotatable bonds is 2. The van der Waals surface area contributed by atoms with Crippen LogP contribution in [0.1, 0.15) is 0 Å². The molecule has 3 nitrogen and oxygen atoms in total. The molecule has 2 aromatic carbocycles. The van der Waals surface area contributed by atoms with Gasteiger partial charge in [0.15, 0.2) is 0 Å². The standard InChI is InChI=1S/C15H11Cl2N3/c16-11-2-1-3-12(17)15(11)20-14-7-4-9-8-10(18)5-6-13(9)19-14/h1-8H,18H2,(H,19,20). The molecule has 0 bridgehead atoms. The van der Waals surface area contributed by atoms with E-state index >= 15 is 0 Å². The quantitative estimate of drug-likeness (QED) is 0.664.